The molecule has 2 aromatic carbocycles. The van der Waals surface area contributed by atoms with Gasteiger partial charge in [0.05, 0.1) is 23.8 Å². The van der Waals surface area contributed by atoms with Crippen molar-refractivity contribution in [3.05, 3.63) is 74.2 Å². The molecule has 0 saturated carbocycles. The third-order valence-electron chi connectivity index (χ3n) is 4.06. The van der Waals surface area contributed by atoms with Gasteiger partial charge in [0.25, 0.3) is 5.56 Å². The van der Waals surface area contributed by atoms with Crippen LogP contribution >= 0.6 is 15.9 Å². The van der Waals surface area contributed by atoms with Gasteiger partial charge in [-0.15, -0.1) is 0 Å². The maximum absolute atomic E-state index is 12.6. The van der Waals surface area contributed by atoms with Crippen molar-refractivity contribution < 1.29 is 0 Å². The number of halogens is 1. The molecule has 1 aromatic heterocycles. The van der Waals surface area contributed by atoms with Crippen molar-refractivity contribution >= 4 is 26.8 Å². The maximum Gasteiger partial charge on any atom is 0.261 e. The molecule has 5 heteroatoms. The molecule has 1 N–H and O–H groups in total. The standard InChI is InChI=1S/C17H14BrN3O/c18-15-3-1-2-14-16(15)20-10-21(17(14)22)9-11-4-5-12-7-19-8-13(12)6-11/h1-6,10,19H,7-9H2. The molecule has 0 amide bonds. The summed E-state index contributed by atoms with van der Waals surface area (Å²) >= 11 is 3.44. The summed E-state index contributed by atoms with van der Waals surface area (Å²) < 4.78 is 2.51. The van der Waals surface area contributed by atoms with Gasteiger partial charge in [-0.1, -0.05) is 24.3 Å². The van der Waals surface area contributed by atoms with Crippen molar-refractivity contribution in [2.45, 2.75) is 19.6 Å². The third kappa shape index (κ3) is 2.26. The molecule has 0 atom stereocenters. The van der Waals surface area contributed by atoms with E-state index in [-0.39, 0.29) is 5.56 Å². The van der Waals surface area contributed by atoms with Crippen LogP contribution < -0.4 is 10.9 Å². The molecule has 3 aromatic rings. The quantitative estimate of drug-likeness (QED) is 0.768. The summed E-state index contributed by atoms with van der Waals surface area (Å²) in [5.41, 5.74) is 4.49. The lowest BCUT2D eigenvalue weighted by Gasteiger charge is -2.09. The van der Waals surface area contributed by atoms with Crippen LogP contribution in [0, 0.1) is 0 Å². The first-order valence-corrected chi connectivity index (χ1v) is 7.97. The Morgan fingerprint density at radius 1 is 1.18 bits per heavy atom. The number of para-hydroxylation sites is 1. The summed E-state index contributed by atoms with van der Waals surface area (Å²) in [6.07, 6.45) is 1.63. The topological polar surface area (TPSA) is 46.9 Å². The summed E-state index contributed by atoms with van der Waals surface area (Å²) in [7, 11) is 0. The molecule has 4 nitrogen and oxygen atoms in total. The fourth-order valence-corrected chi connectivity index (χ4v) is 3.38. The predicted octanol–water partition coefficient (Wildman–Crippen LogP) is 2.81. The Morgan fingerprint density at radius 2 is 2.05 bits per heavy atom. The first-order valence-electron chi connectivity index (χ1n) is 7.17. The Hall–Kier alpha value is -1.98. The molecular weight excluding hydrogens is 342 g/mol. The van der Waals surface area contributed by atoms with Crippen LogP contribution in [0.2, 0.25) is 0 Å². The van der Waals surface area contributed by atoms with E-state index >= 15 is 0 Å². The monoisotopic (exact) mass is 355 g/mol. The highest BCUT2D eigenvalue weighted by molar-refractivity contribution is 9.10. The lowest BCUT2D eigenvalue weighted by Crippen LogP contribution is -2.21. The zero-order valence-electron chi connectivity index (χ0n) is 11.8. The van der Waals surface area contributed by atoms with Gasteiger partial charge in [-0.25, -0.2) is 4.98 Å². The molecule has 2 heterocycles. The summed E-state index contributed by atoms with van der Waals surface area (Å²) in [5.74, 6) is 0. The minimum atomic E-state index is -0.00933. The zero-order valence-corrected chi connectivity index (χ0v) is 13.4. The van der Waals surface area contributed by atoms with Gasteiger partial charge in [-0.2, -0.15) is 0 Å². The molecule has 4 rings (SSSR count). The number of aromatic nitrogens is 2. The van der Waals surface area contributed by atoms with Gasteiger partial charge >= 0.3 is 0 Å². The van der Waals surface area contributed by atoms with Gasteiger partial charge < -0.3 is 5.32 Å². The lowest BCUT2D eigenvalue weighted by atomic mass is 10.1. The number of nitrogens with one attached hydrogen (secondary N) is 1. The van der Waals surface area contributed by atoms with Gasteiger partial charge in [-0.05, 0) is 44.8 Å². The lowest BCUT2D eigenvalue weighted by molar-refractivity contribution is 0.745. The number of hydrogen-bond donors (Lipinski definition) is 1. The van der Waals surface area contributed by atoms with Crippen LogP contribution in [0.5, 0.6) is 0 Å². The molecule has 0 fully saturated rings. The smallest absolute Gasteiger partial charge is 0.261 e. The van der Waals surface area contributed by atoms with E-state index in [1.54, 1.807) is 10.9 Å². The van der Waals surface area contributed by atoms with Crippen molar-refractivity contribution in [3.8, 4) is 0 Å². The van der Waals surface area contributed by atoms with E-state index in [0.29, 0.717) is 17.4 Å². The van der Waals surface area contributed by atoms with E-state index in [0.717, 1.165) is 23.1 Å². The van der Waals surface area contributed by atoms with Crippen LogP contribution in [0.3, 0.4) is 0 Å². The highest BCUT2D eigenvalue weighted by atomic mass is 79.9. The van der Waals surface area contributed by atoms with Crippen LogP contribution in [-0.2, 0) is 19.6 Å². The largest absolute Gasteiger partial charge is 0.309 e. The van der Waals surface area contributed by atoms with E-state index in [2.05, 4.69) is 44.4 Å². The molecule has 1 aliphatic heterocycles. The third-order valence-corrected chi connectivity index (χ3v) is 4.70. The van der Waals surface area contributed by atoms with Crippen LogP contribution in [0.25, 0.3) is 10.9 Å². The van der Waals surface area contributed by atoms with Crippen molar-refractivity contribution in [1.82, 2.24) is 14.9 Å². The first kappa shape index (κ1) is 13.7. The Kier molecular flexibility index (Phi) is 3.32. The molecule has 0 unspecified atom stereocenters. The summed E-state index contributed by atoms with van der Waals surface area (Å²) in [5, 5.41) is 3.97. The molecular formula is C17H14BrN3O. The number of rotatable bonds is 2. The van der Waals surface area contributed by atoms with Crippen LogP contribution in [-0.4, -0.2) is 9.55 Å². The van der Waals surface area contributed by atoms with E-state index in [9.17, 15) is 4.79 Å². The van der Waals surface area contributed by atoms with E-state index in [1.807, 2.05) is 18.2 Å². The molecule has 22 heavy (non-hydrogen) atoms. The van der Waals surface area contributed by atoms with Crippen molar-refractivity contribution in [2.75, 3.05) is 0 Å². The number of hydrogen-bond acceptors (Lipinski definition) is 3. The molecule has 0 radical (unpaired) electrons. The van der Waals surface area contributed by atoms with Gasteiger partial charge in [0.15, 0.2) is 0 Å². The van der Waals surface area contributed by atoms with Gasteiger partial charge in [0.2, 0.25) is 0 Å². The summed E-state index contributed by atoms with van der Waals surface area (Å²) in [4.78, 5) is 17.0. The van der Waals surface area contributed by atoms with Gasteiger partial charge in [0, 0.05) is 17.6 Å². The molecule has 0 bridgehead atoms. The van der Waals surface area contributed by atoms with Gasteiger partial charge in [-0.3, -0.25) is 9.36 Å². The Morgan fingerprint density at radius 3 is 2.95 bits per heavy atom. The average molecular weight is 356 g/mol. The zero-order chi connectivity index (χ0) is 15.1. The Labute approximate surface area is 135 Å². The second-order valence-corrected chi connectivity index (χ2v) is 6.37. The first-order chi connectivity index (χ1) is 10.7. The number of nitrogens with zero attached hydrogens (tertiary/aromatic N) is 2. The summed E-state index contributed by atoms with van der Waals surface area (Å²) in [6, 6.07) is 12.0. The average Bonchev–Trinajstić information content (AvgIpc) is 2.98. The fraction of sp³-hybridized carbons (Fsp3) is 0.176. The Bertz CT molecular complexity index is 933. The molecule has 0 aliphatic carbocycles. The fourth-order valence-electron chi connectivity index (χ4n) is 2.91. The van der Waals surface area contributed by atoms with Crippen molar-refractivity contribution in [1.29, 1.82) is 0 Å². The predicted molar refractivity (Wildman–Crippen MR) is 89.8 cm³/mol. The minimum Gasteiger partial charge on any atom is -0.309 e. The van der Waals surface area contributed by atoms with Crippen molar-refractivity contribution in [3.63, 3.8) is 0 Å². The Balaban J connectivity index is 1.76. The van der Waals surface area contributed by atoms with Crippen molar-refractivity contribution in [2.24, 2.45) is 0 Å². The van der Waals surface area contributed by atoms with Crippen LogP contribution in [0.1, 0.15) is 16.7 Å². The van der Waals surface area contributed by atoms with E-state index in [4.69, 9.17) is 0 Å². The second-order valence-electron chi connectivity index (χ2n) is 5.52. The van der Waals surface area contributed by atoms with Crippen LogP contribution in [0.15, 0.2) is 52.0 Å². The second kappa shape index (κ2) is 5.34. The molecule has 1 aliphatic rings. The molecule has 0 saturated heterocycles. The number of benzene rings is 2. The van der Waals surface area contributed by atoms with E-state index < -0.39 is 0 Å². The normalized spacial score (nSPS) is 13.5. The highest BCUT2D eigenvalue weighted by Gasteiger charge is 2.11. The SMILES string of the molecule is O=c1c2cccc(Br)c2ncn1Cc1ccc2c(c1)CNC2. The number of fused-ring (bicyclic) bond motifs is 2. The van der Waals surface area contributed by atoms with Crippen LogP contribution in [0.4, 0.5) is 0 Å². The maximum atomic E-state index is 12.6. The van der Waals surface area contributed by atoms with Gasteiger partial charge in [0.1, 0.15) is 0 Å². The molecule has 110 valence electrons. The van der Waals surface area contributed by atoms with E-state index in [1.165, 1.54) is 11.1 Å². The minimum absolute atomic E-state index is 0.00933. The molecule has 0 spiro atoms. The summed E-state index contributed by atoms with van der Waals surface area (Å²) in [6.45, 7) is 2.38. The highest BCUT2D eigenvalue weighted by Crippen LogP contribution is 2.20.